The number of halogens is 2. The van der Waals surface area contributed by atoms with Crippen molar-refractivity contribution in [3.05, 3.63) is 54.0 Å². The van der Waals surface area contributed by atoms with Crippen molar-refractivity contribution in [1.29, 1.82) is 0 Å². The summed E-state index contributed by atoms with van der Waals surface area (Å²) in [5.74, 6) is 0.545. The van der Waals surface area contributed by atoms with Gasteiger partial charge >= 0.3 is 0 Å². The second-order valence-electron chi connectivity index (χ2n) is 6.72. The van der Waals surface area contributed by atoms with E-state index in [1.807, 2.05) is 0 Å². The van der Waals surface area contributed by atoms with Crippen molar-refractivity contribution in [2.24, 2.45) is 0 Å². The molecule has 1 aliphatic heterocycles. The summed E-state index contributed by atoms with van der Waals surface area (Å²) in [4.78, 5) is 19.5. The van der Waals surface area contributed by atoms with E-state index >= 15 is 0 Å². The third kappa shape index (κ3) is 5.18. The minimum absolute atomic E-state index is 0.0296. The standard InChI is InChI=1S/C20H21ClFN7O/c21-17-9-15(1-2-18(17)22)27-20-26-12-16(14-10-23-13-24-11-14)19(28-20)25-3-4-29-5-7-30-8-6-29/h1-2,9-13H,3-8H2,(H2,25,26,27,28). The smallest absolute Gasteiger partial charge is 0.229 e. The number of hydrogen-bond acceptors (Lipinski definition) is 8. The lowest BCUT2D eigenvalue weighted by molar-refractivity contribution is 0.0398. The average molecular weight is 430 g/mol. The Morgan fingerprint density at radius 1 is 1.13 bits per heavy atom. The third-order valence-electron chi connectivity index (χ3n) is 4.66. The van der Waals surface area contributed by atoms with Crippen LogP contribution in [0.3, 0.4) is 0 Å². The number of nitrogens with one attached hydrogen (secondary N) is 2. The van der Waals surface area contributed by atoms with Crippen LogP contribution in [0, 0.1) is 5.82 Å². The molecule has 0 bridgehead atoms. The molecule has 156 valence electrons. The molecule has 4 rings (SSSR count). The lowest BCUT2D eigenvalue weighted by Crippen LogP contribution is -2.39. The summed E-state index contributed by atoms with van der Waals surface area (Å²) < 4.78 is 18.8. The van der Waals surface area contributed by atoms with Crippen LogP contribution >= 0.6 is 11.6 Å². The van der Waals surface area contributed by atoms with Crippen molar-refractivity contribution in [2.45, 2.75) is 0 Å². The molecule has 0 radical (unpaired) electrons. The number of hydrogen-bond donors (Lipinski definition) is 2. The van der Waals surface area contributed by atoms with E-state index in [1.54, 1.807) is 24.7 Å². The van der Waals surface area contributed by atoms with Gasteiger partial charge in [-0.05, 0) is 18.2 Å². The molecule has 0 atom stereocenters. The monoisotopic (exact) mass is 429 g/mol. The number of ether oxygens (including phenoxy) is 1. The Labute approximate surface area is 178 Å². The average Bonchev–Trinajstić information content (AvgIpc) is 2.78. The summed E-state index contributed by atoms with van der Waals surface area (Å²) in [5, 5.41) is 6.48. The maximum absolute atomic E-state index is 13.4. The minimum Gasteiger partial charge on any atom is -0.379 e. The van der Waals surface area contributed by atoms with Gasteiger partial charge in [0.2, 0.25) is 5.95 Å². The van der Waals surface area contributed by atoms with E-state index in [4.69, 9.17) is 16.3 Å². The van der Waals surface area contributed by atoms with Crippen molar-refractivity contribution in [2.75, 3.05) is 50.0 Å². The van der Waals surface area contributed by atoms with E-state index in [0.29, 0.717) is 24.0 Å². The highest BCUT2D eigenvalue weighted by Gasteiger charge is 2.13. The van der Waals surface area contributed by atoms with Crippen LogP contribution in [0.1, 0.15) is 0 Å². The molecule has 1 saturated heterocycles. The first-order valence-corrected chi connectivity index (χ1v) is 9.95. The maximum Gasteiger partial charge on any atom is 0.229 e. The predicted octanol–water partition coefficient (Wildman–Crippen LogP) is 3.21. The Morgan fingerprint density at radius 3 is 2.70 bits per heavy atom. The van der Waals surface area contributed by atoms with Crippen LogP contribution in [0.15, 0.2) is 43.1 Å². The molecule has 2 aromatic heterocycles. The van der Waals surface area contributed by atoms with Crippen LogP contribution < -0.4 is 10.6 Å². The highest BCUT2D eigenvalue weighted by molar-refractivity contribution is 6.31. The first-order chi connectivity index (χ1) is 14.7. The zero-order valence-electron chi connectivity index (χ0n) is 16.2. The summed E-state index contributed by atoms with van der Waals surface area (Å²) in [5.41, 5.74) is 2.19. The fourth-order valence-corrected chi connectivity index (χ4v) is 3.27. The lowest BCUT2D eigenvalue weighted by Gasteiger charge is -2.26. The summed E-state index contributed by atoms with van der Waals surface area (Å²) >= 11 is 5.86. The molecule has 2 N–H and O–H groups in total. The van der Waals surface area contributed by atoms with E-state index < -0.39 is 5.82 Å². The summed E-state index contributed by atoms with van der Waals surface area (Å²) in [6, 6.07) is 4.36. The van der Waals surface area contributed by atoms with Gasteiger partial charge in [0.1, 0.15) is 18.0 Å². The molecule has 0 saturated carbocycles. The van der Waals surface area contributed by atoms with Crippen LogP contribution in [-0.2, 0) is 4.74 Å². The second kappa shape index (κ2) is 9.75. The molecule has 3 aromatic rings. The summed E-state index contributed by atoms with van der Waals surface area (Å²) in [6.07, 6.45) is 6.61. The van der Waals surface area contributed by atoms with Gasteiger partial charge in [-0.15, -0.1) is 0 Å². The number of rotatable bonds is 7. The van der Waals surface area contributed by atoms with E-state index in [0.717, 1.165) is 44.0 Å². The van der Waals surface area contributed by atoms with Gasteiger partial charge in [0.25, 0.3) is 0 Å². The number of morpholine rings is 1. The van der Waals surface area contributed by atoms with Crippen LogP contribution in [0.5, 0.6) is 0 Å². The van der Waals surface area contributed by atoms with E-state index in [9.17, 15) is 4.39 Å². The Morgan fingerprint density at radius 2 is 1.93 bits per heavy atom. The van der Waals surface area contributed by atoms with Crippen molar-refractivity contribution in [3.8, 4) is 11.1 Å². The molecule has 0 aliphatic carbocycles. The molecule has 0 amide bonds. The molecule has 1 aromatic carbocycles. The summed E-state index contributed by atoms with van der Waals surface area (Å²) in [7, 11) is 0. The molecular weight excluding hydrogens is 409 g/mol. The zero-order valence-corrected chi connectivity index (χ0v) is 16.9. The topological polar surface area (TPSA) is 88.1 Å². The molecule has 0 unspecified atom stereocenters. The quantitative estimate of drug-likeness (QED) is 0.592. The zero-order chi connectivity index (χ0) is 20.8. The maximum atomic E-state index is 13.4. The normalized spacial score (nSPS) is 14.5. The number of anilines is 3. The van der Waals surface area contributed by atoms with Crippen LogP contribution in [0.25, 0.3) is 11.1 Å². The molecule has 0 spiro atoms. The van der Waals surface area contributed by atoms with Gasteiger partial charge in [-0.2, -0.15) is 4.98 Å². The van der Waals surface area contributed by atoms with Crippen molar-refractivity contribution in [1.82, 2.24) is 24.8 Å². The molecule has 1 fully saturated rings. The molecule has 3 heterocycles. The fourth-order valence-electron chi connectivity index (χ4n) is 3.09. The molecule has 30 heavy (non-hydrogen) atoms. The highest BCUT2D eigenvalue weighted by Crippen LogP contribution is 2.27. The van der Waals surface area contributed by atoms with Crippen LogP contribution in [-0.4, -0.2) is 64.2 Å². The Bertz CT molecular complexity index is 986. The summed E-state index contributed by atoms with van der Waals surface area (Å²) in [6.45, 7) is 4.93. The molecule has 8 nitrogen and oxygen atoms in total. The first-order valence-electron chi connectivity index (χ1n) is 9.57. The van der Waals surface area contributed by atoms with Crippen molar-refractivity contribution < 1.29 is 9.13 Å². The Balaban J connectivity index is 1.53. The van der Waals surface area contributed by atoms with Gasteiger partial charge in [-0.25, -0.2) is 19.3 Å². The van der Waals surface area contributed by atoms with Crippen molar-refractivity contribution >= 4 is 29.1 Å². The fraction of sp³-hybridized carbons (Fsp3) is 0.300. The second-order valence-corrected chi connectivity index (χ2v) is 7.12. The number of nitrogens with zero attached hydrogens (tertiary/aromatic N) is 5. The predicted molar refractivity (Wildman–Crippen MR) is 113 cm³/mol. The largest absolute Gasteiger partial charge is 0.379 e. The third-order valence-corrected chi connectivity index (χ3v) is 4.95. The van der Waals surface area contributed by atoms with Crippen molar-refractivity contribution in [3.63, 3.8) is 0 Å². The number of aromatic nitrogens is 4. The van der Waals surface area contributed by atoms with E-state index in [-0.39, 0.29) is 5.02 Å². The lowest BCUT2D eigenvalue weighted by atomic mass is 10.1. The SMILES string of the molecule is Fc1ccc(Nc2ncc(-c3cncnc3)c(NCCN3CCOCC3)n2)cc1Cl. The first kappa shape index (κ1) is 20.4. The van der Waals surface area contributed by atoms with E-state index in [2.05, 4.69) is 35.5 Å². The van der Waals surface area contributed by atoms with Gasteiger partial charge in [0.15, 0.2) is 0 Å². The Kier molecular flexibility index (Phi) is 6.63. The highest BCUT2D eigenvalue weighted by atomic mass is 35.5. The molecule has 1 aliphatic rings. The van der Waals surface area contributed by atoms with E-state index in [1.165, 1.54) is 18.5 Å². The van der Waals surface area contributed by atoms with Crippen LogP contribution in [0.4, 0.5) is 21.8 Å². The molecular formula is C20H21ClFN7O. The van der Waals surface area contributed by atoms with Gasteiger partial charge in [-0.1, -0.05) is 11.6 Å². The van der Waals surface area contributed by atoms with Gasteiger partial charge in [0.05, 0.1) is 18.2 Å². The minimum atomic E-state index is -0.479. The van der Waals surface area contributed by atoms with Gasteiger partial charge in [-0.3, -0.25) is 4.90 Å². The van der Waals surface area contributed by atoms with Gasteiger partial charge in [0, 0.05) is 61.6 Å². The van der Waals surface area contributed by atoms with Gasteiger partial charge < -0.3 is 15.4 Å². The Hall–Kier alpha value is -2.88. The molecule has 10 heteroatoms. The number of benzene rings is 1. The van der Waals surface area contributed by atoms with Crippen LogP contribution in [0.2, 0.25) is 5.02 Å².